The number of rotatable bonds is 9. The van der Waals surface area contributed by atoms with E-state index in [1.807, 2.05) is 30.3 Å². The van der Waals surface area contributed by atoms with Gasteiger partial charge in [0.15, 0.2) is 9.84 Å². The monoisotopic (exact) mass is 486 g/mol. The van der Waals surface area contributed by atoms with E-state index in [1.54, 1.807) is 42.5 Å². The first-order chi connectivity index (χ1) is 15.7. The van der Waals surface area contributed by atoms with Crippen molar-refractivity contribution in [1.82, 2.24) is 5.48 Å². The van der Waals surface area contributed by atoms with Gasteiger partial charge in [0, 0.05) is 16.2 Å². The van der Waals surface area contributed by atoms with Crippen LogP contribution in [0.4, 0.5) is 4.79 Å². The second kappa shape index (κ2) is 10.5. The summed E-state index contributed by atoms with van der Waals surface area (Å²) in [5.41, 5.74) is 4.78. The average Bonchev–Trinajstić information content (AvgIpc) is 2.79. The Bertz CT molecular complexity index is 1200. The van der Waals surface area contributed by atoms with Crippen LogP contribution in [0.15, 0.2) is 99.6 Å². The van der Waals surface area contributed by atoms with Crippen LogP contribution < -0.4 is 11.2 Å². The Morgan fingerprint density at radius 3 is 2.00 bits per heavy atom. The van der Waals surface area contributed by atoms with Crippen molar-refractivity contribution in [2.75, 3.05) is 5.75 Å². The molecule has 0 heterocycles. The third-order valence-corrected chi connectivity index (χ3v) is 7.58. The lowest BCUT2D eigenvalue weighted by Gasteiger charge is -2.30. The zero-order valence-electron chi connectivity index (χ0n) is 17.4. The van der Waals surface area contributed by atoms with Crippen LogP contribution in [0.2, 0.25) is 0 Å². The van der Waals surface area contributed by atoms with E-state index < -0.39 is 33.2 Å². The Balaban J connectivity index is 1.91. The SMILES string of the molecule is NC(=O)OC(Cc1ccccc1)(CS(=O)(=O)c1ccc(Sc2ccccc2)cc1)C(=O)NO. The van der Waals surface area contributed by atoms with Gasteiger partial charge in [-0.25, -0.2) is 18.7 Å². The first-order valence-electron chi connectivity index (χ1n) is 9.77. The van der Waals surface area contributed by atoms with Gasteiger partial charge in [0.2, 0.25) is 5.60 Å². The highest BCUT2D eigenvalue weighted by Gasteiger charge is 2.47. The lowest BCUT2D eigenvalue weighted by atomic mass is 9.95. The molecule has 3 aromatic rings. The predicted molar refractivity (Wildman–Crippen MR) is 123 cm³/mol. The van der Waals surface area contributed by atoms with Gasteiger partial charge in [-0.05, 0) is 42.0 Å². The molecular weight excluding hydrogens is 464 g/mol. The van der Waals surface area contributed by atoms with Crippen LogP contribution in [0.1, 0.15) is 5.56 Å². The fourth-order valence-corrected chi connectivity index (χ4v) is 5.72. The van der Waals surface area contributed by atoms with Crippen LogP contribution in [0.3, 0.4) is 0 Å². The first kappa shape index (κ1) is 24.3. The number of hydrogen-bond donors (Lipinski definition) is 3. The Labute approximate surface area is 195 Å². The van der Waals surface area contributed by atoms with Crippen LogP contribution in [0.5, 0.6) is 0 Å². The van der Waals surface area contributed by atoms with Gasteiger partial charge in [-0.3, -0.25) is 10.0 Å². The van der Waals surface area contributed by atoms with E-state index in [9.17, 15) is 23.2 Å². The second-order valence-electron chi connectivity index (χ2n) is 7.16. The van der Waals surface area contributed by atoms with Crippen molar-refractivity contribution in [2.45, 2.75) is 26.7 Å². The molecule has 0 aromatic heterocycles. The number of nitrogens with one attached hydrogen (secondary N) is 1. The quantitative estimate of drug-likeness (QED) is 0.312. The van der Waals surface area contributed by atoms with Crippen LogP contribution in [0, 0.1) is 0 Å². The molecule has 172 valence electrons. The summed E-state index contributed by atoms with van der Waals surface area (Å²) in [7, 11) is -4.14. The van der Waals surface area contributed by atoms with Gasteiger partial charge in [0.25, 0.3) is 5.91 Å². The van der Waals surface area contributed by atoms with Crippen molar-refractivity contribution in [3.05, 3.63) is 90.5 Å². The summed E-state index contributed by atoms with van der Waals surface area (Å²) >= 11 is 1.46. The zero-order valence-corrected chi connectivity index (χ0v) is 19.0. The molecule has 0 bridgehead atoms. The first-order valence-corrected chi connectivity index (χ1v) is 12.2. The maximum absolute atomic E-state index is 13.2. The second-order valence-corrected chi connectivity index (χ2v) is 10.3. The molecule has 8 nitrogen and oxygen atoms in total. The predicted octanol–water partition coefficient (Wildman–Crippen LogP) is 3.19. The maximum Gasteiger partial charge on any atom is 0.405 e. The summed E-state index contributed by atoms with van der Waals surface area (Å²) in [5.74, 6) is -2.12. The summed E-state index contributed by atoms with van der Waals surface area (Å²) in [6.45, 7) is 0. The molecule has 0 saturated heterocycles. The van der Waals surface area contributed by atoms with Crippen molar-refractivity contribution < 1.29 is 28.0 Å². The lowest BCUT2D eigenvalue weighted by molar-refractivity contribution is -0.146. The van der Waals surface area contributed by atoms with Gasteiger partial charge in [0.05, 0.1) is 4.90 Å². The van der Waals surface area contributed by atoms with Crippen molar-refractivity contribution in [3.63, 3.8) is 0 Å². The number of sulfone groups is 1. The molecule has 10 heteroatoms. The van der Waals surface area contributed by atoms with Gasteiger partial charge >= 0.3 is 6.09 Å². The molecule has 0 radical (unpaired) electrons. The zero-order chi connectivity index (χ0) is 23.9. The number of hydroxylamine groups is 1. The highest BCUT2D eigenvalue weighted by atomic mass is 32.2. The number of hydrogen-bond acceptors (Lipinski definition) is 7. The normalized spacial score (nSPS) is 13.0. The smallest absolute Gasteiger partial charge is 0.405 e. The highest BCUT2D eigenvalue weighted by Crippen LogP contribution is 2.30. The average molecular weight is 487 g/mol. The van der Waals surface area contributed by atoms with Gasteiger partial charge in [-0.1, -0.05) is 60.3 Å². The summed E-state index contributed by atoms with van der Waals surface area (Å²) in [6.07, 6.45) is -1.66. The third-order valence-electron chi connectivity index (χ3n) is 4.73. The molecule has 0 saturated carbocycles. The molecule has 1 atom stereocenters. The number of primary amides is 1. The summed E-state index contributed by atoms with van der Waals surface area (Å²) in [4.78, 5) is 25.9. The molecule has 0 aliphatic rings. The van der Waals surface area contributed by atoms with E-state index in [0.717, 1.165) is 9.79 Å². The molecule has 1 unspecified atom stereocenters. The van der Waals surface area contributed by atoms with Crippen LogP contribution in [-0.2, 0) is 25.8 Å². The fraction of sp³-hybridized carbons (Fsp3) is 0.130. The fourth-order valence-electron chi connectivity index (χ4n) is 3.26. The van der Waals surface area contributed by atoms with Gasteiger partial charge in [-0.2, -0.15) is 0 Å². The minimum Gasteiger partial charge on any atom is -0.431 e. The van der Waals surface area contributed by atoms with E-state index in [-0.39, 0.29) is 11.3 Å². The van der Waals surface area contributed by atoms with Crippen molar-refractivity contribution in [1.29, 1.82) is 0 Å². The number of ether oxygens (including phenoxy) is 1. The number of carbonyl (C=O) groups excluding carboxylic acids is 2. The summed E-state index contributed by atoms with van der Waals surface area (Å²) in [5, 5.41) is 9.28. The third kappa shape index (κ3) is 6.35. The molecule has 3 rings (SSSR count). The van der Waals surface area contributed by atoms with Gasteiger partial charge in [-0.15, -0.1) is 0 Å². The minimum absolute atomic E-state index is 0.0730. The number of nitrogens with two attached hydrogens (primary N) is 1. The molecule has 4 N–H and O–H groups in total. The van der Waals surface area contributed by atoms with Crippen molar-refractivity contribution >= 4 is 33.6 Å². The standard InChI is InChI=1S/C23H22N2O6S2/c24-22(27)31-23(21(26)25-28,15-17-7-3-1-4-8-17)16-33(29,30)20-13-11-19(12-14-20)32-18-9-5-2-6-10-18/h1-14,28H,15-16H2,(H2,24,27)(H,25,26). The van der Waals surface area contributed by atoms with E-state index in [0.29, 0.717) is 5.56 Å². The van der Waals surface area contributed by atoms with E-state index >= 15 is 0 Å². The van der Waals surface area contributed by atoms with Crippen molar-refractivity contribution in [3.8, 4) is 0 Å². The number of carbonyl (C=O) groups is 2. The van der Waals surface area contributed by atoms with E-state index in [4.69, 9.17) is 10.5 Å². The molecule has 33 heavy (non-hydrogen) atoms. The largest absolute Gasteiger partial charge is 0.431 e. The maximum atomic E-state index is 13.2. The molecule has 0 spiro atoms. The number of benzene rings is 3. The molecule has 0 aliphatic carbocycles. The van der Waals surface area contributed by atoms with Gasteiger partial charge in [0.1, 0.15) is 5.75 Å². The van der Waals surface area contributed by atoms with Crippen LogP contribution in [-0.4, -0.2) is 37.0 Å². The summed E-state index contributed by atoms with van der Waals surface area (Å²) in [6, 6.07) is 24.0. The Hall–Kier alpha value is -3.34. The highest BCUT2D eigenvalue weighted by molar-refractivity contribution is 7.99. The Morgan fingerprint density at radius 1 is 0.909 bits per heavy atom. The molecular formula is C23H22N2O6S2. The Morgan fingerprint density at radius 2 is 1.45 bits per heavy atom. The topological polar surface area (TPSA) is 136 Å². The molecule has 2 amide bonds. The molecule has 0 fully saturated rings. The van der Waals surface area contributed by atoms with E-state index in [1.165, 1.54) is 29.4 Å². The van der Waals surface area contributed by atoms with Gasteiger partial charge < -0.3 is 10.5 Å². The minimum atomic E-state index is -4.14. The van der Waals surface area contributed by atoms with Crippen LogP contribution >= 0.6 is 11.8 Å². The molecule has 3 aromatic carbocycles. The van der Waals surface area contributed by atoms with Crippen molar-refractivity contribution in [2.24, 2.45) is 5.73 Å². The number of amides is 2. The molecule has 0 aliphatic heterocycles. The van der Waals surface area contributed by atoms with E-state index in [2.05, 4.69) is 0 Å². The summed E-state index contributed by atoms with van der Waals surface area (Å²) < 4.78 is 31.5. The lowest BCUT2D eigenvalue weighted by Crippen LogP contribution is -2.56. The van der Waals surface area contributed by atoms with Crippen LogP contribution in [0.25, 0.3) is 0 Å². The Kier molecular flexibility index (Phi) is 7.75.